The second-order valence-electron chi connectivity index (χ2n) is 5.66. The van der Waals surface area contributed by atoms with Crippen LogP contribution in [0.15, 0.2) is 18.2 Å². The molecule has 1 aromatic carbocycles. The number of amides is 1. The van der Waals surface area contributed by atoms with E-state index in [0.29, 0.717) is 19.6 Å². The molecule has 1 amide bonds. The molecule has 1 aromatic rings. The molecule has 2 N–H and O–H groups in total. The molecule has 0 aliphatic rings. The average Bonchev–Trinajstić information content (AvgIpc) is 2.48. The van der Waals surface area contributed by atoms with Crippen molar-refractivity contribution in [2.45, 2.75) is 46.1 Å². The maximum atomic E-state index is 11.9. The minimum absolute atomic E-state index is 0. The van der Waals surface area contributed by atoms with Crippen LogP contribution in [0.2, 0.25) is 0 Å². The summed E-state index contributed by atoms with van der Waals surface area (Å²) < 4.78 is 5.78. The molecule has 126 valence electrons. The van der Waals surface area contributed by atoms with Crippen LogP contribution in [0.3, 0.4) is 0 Å². The van der Waals surface area contributed by atoms with Crippen molar-refractivity contribution in [3.63, 3.8) is 0 Å². The number of ether oxygens (including phenoxy) is 1. The molecule has 0 saturated heterocycles. The Balaban J connectivity index is 0.00000441. The van der Waals surface area contributed by atoms with E-state index in [0.717, 1.165) is 24.2 Å². The highest BCUT2D eigenvalue weighted by Crippen LogP contribution is 2.19. The van der Waals surface area contributed by atoms with Crippen molar-refractivity contribution >= 4 is 18.3 Å². The number of nitrogens with two attached hydrogens (primary N) is 1. The van der Waals surface area contributed by atoms with Crippen molar-refractivity contribution in [3.8, 4) is 5.75 Å². The summed E-state index contributed by atoms with van der Waals surface area (Å²) in [6.07, 6.45) is 2.27. The van der Waals surface area contributed by atoms with E-state index >= 15 is 0 Å². The van der Waals surface area contributed by atoms with E-state index < -0.39 is 0 Å². The summed E-state index contributed by atoms with van der Waals surface area (Å²) >= 11 is 0. The smallest absolute Gasteiger partial charge is 0.222 e. The molecule has 0 spiro atoms. The lowest BCUT2D eigenvalue weighted by Gasteiger charge is -2.23. The highest BCUT2D eigenvalue weighted by Gasteiger charge is 2.13. The Hall–Kier alpha value is -1.26. The van der Waals surface area contributed by atoms with Gasteiger partial charge in [-0.3, -0.25) is 4.79 Å². The quantitative estimate of drug-likeness (QED) is 0.746. The highest BCUT2D eigenvalue weighted by atomic mass is 35.5. The van der Waals surface area contributed by atoms with Gasteiger partial charge in [0.05, 0.1) is 6.61 Å². The van der Waals surface area contributed by atoms with Gasteiger partial charge in [-0.25, -0.2) is 0 Å². The lowest BCUT2D eigenvalue weighted by molar-refractivity contribution is -0.131. The second kappa shape index (κ2) is 10.5. The van der Waals surface area contributed by atoms with Gasteiger partial charge in [0.1, 0.15) is 5.75 Å². The molecule has 0 heterocycles. The molecule has 1 unspecified atom stereocenters. The normalized spacial score (nSPS) is 11.5. The van der Waals surface area contributed by atoms with Crippen molar-refractivity contribution in [1.82, 2.24) is 4.90 Å². The van der Waals surface area contributed by atoms with Gasteiger partial charge in [0, 0.05) is 26.1 Å². The first-order chi connectivity index (χ1) is 9.95. The van der Waals surface area contributed by atoms with Crippen molar-refractivity contribution < 1.29 is 9.53 Å². The van der Waals surface area contributed by atoms with Crippen molar-refractivity contribution in [2.24, 2.45) is 5.73 Å². The summed E-state index contributed by atoms with van der Waals surface area (Å²) in [4.78, 5) is 13.6. The third-order valence-corrected chi connectivity index (χ3v) is 3.78. The molecule has 4 nitrogen and oxygen atoms in total. The zero-order valence-electron chi connectivity index (χ0n) is 14.1. The maximum Gasteiger partial charge on any atom is 0.222 e. The first-order valence-corrected chi connectivity index (χ1v) is 7.61. The summed E-state index contributed by atoms with van der Waals surface area (Å²) in [5.41, 5.74) is 7.91. The van der Waals surface area contributed by atoms with Gasteiger partial charge < -0.3 is 15.4 Å². The first-order valence-electron chi connectivity index (χ1n) is 7.61. The Labute approximate surface area is 140 Å². The summed E-state index contributed by atoms with van der Waals surface area (Å²) in [6.45, 7) is 7.20. The molecule has 0 fully saturated rings. The number of nitrogens with zero attached hydrogens (tertiary/aromatic N) is 1. The van der Waals surface area contributed by atoms with Gasteiger partial charge in [-0.1, -0.05) is 12.1 Å². The second-order valence-corrected chi connectivity index (χ2v) is 5.66. The SMILES string of the molecule is Cc1ccc(C)c(OCCCCC(=O)N(C)C(C)CN)c1.Cl. The van der Waals surface area contributed by atoms with Crippen LogP contribution in [-0.4, -0.2) is 37.0 Å². The van der Waals surface area contributed by atoms with Gasteiger partial charge in [0.2, 0.25) is 5.91 Å². The molecule has 22 heavy (non-hydrogen) atoms. The fourth-order valence-corrected chi connectivity index (χ4v) is 2.00. The van der Waals surface area contributed by atoms with Gasteiger partial charge in [0.25, 0.3) is 0 Å². The molecule has 0 aliphatic carbocycles. The fraction of sp³-hybridized carbons (Fsp3) is 0.588. The molecule has 0 aromatic heterocycles. The summed E-state index contributed by atoms with van der Waals surface area (Å²) in [7, 11) is 1.81. The van der Waals surface area contributed by atoms with E-state index in [1.54, 1.807) is 4.90 Å². The molecule has 0 aliphatic heterocycles. The number of hydrogen-bond donors (Lipinski definition) is 1. The maximum absolute atomic E-state index is 11.9. The van der Waals surface area contributed by atoms with Crippen LogP contribution in [0.5, 0.6) is 5.75 Å². The Kier molecular flexibility index (Phi) is 9.86. The predicted molar refractivity (Wildman–Crippen MR) is 93.8 cm³/mol. The number of likely N-dealkylation sites (N-methyl/N-ethyl adjacent to an activating group) is 1. The summed E-state index contributed by atoms with van der Waals surface area (Å²) in [6, 6.07) is 6.30. The van der Waals surface area contributed by atoms with Crippen LogP contribution < -0.4 is 10.5 Å². The Bertz CT molecular complexity index is 466. The number of benzene rings is 1. The number of carbonyl (C=O) groups is 1. The van der Waals surface area contributed by atoms with Crippen molar-refractivity contribution in [2.75, 3.05) is 20.2 Å². The van der Waals surface area contributed by atoms with Gasteiger partial charge in [-0.15, -0.1) is 12.4 Å². The van der Waals surface area contributed by atoms with Crippen LogP contribution in [0, 0.1) is 13.8 Å². The largest absolute Gasteiger partial charge is 0.493 e. The standard InChI is InChI=1S/C17H28N2O2.ClH/c1-13-8-9-14(2)16(11-13)21-10-6-5-7-17(20)19(4)15(3)12-18;/h8-9,11,15H,5-7,10,12,18H2,1-4H3;1H. The van der Waals surface area contributed by atoms with Crippen LogP contribution in [0.25, 0.3) is 0 Å². The van der Waals surface area contributed by atoms with Gasteiger partial charge >= 0.3 is 0 Å². The third-order valence-electron chi connectivity index (χ3n) is 3.78. The van der Waals surface area contributed by atoms with E-state index in [-0.39, 0.29) is 24.4 Å². The number of hydrogen-bond acceptors (Lipinski definition) is 3. The fourth-order valence-electron chi connectivity index (χ4n) is 2.00. The minimum atomic E-state index is 0. The molecule has 1 rings (SSSR count). The average molecular weight is 329 g/mol. The summed E-state index contributed by atoms with van der Waals surface area (Å²) in [5.74, 6) is 1.09. The number of halogens is 1. The summed E-state index contributed by atoms with van der Waals surface area (Å²) in [5, 5.41) is 0. The van der Waals surface area contributed by atoms with Crippen molar-refractivity contribution in [1.29, 1.82) is 0 Å². The molecular formula is C17H29ClN2O2. The Morgan fingerprint density at radius 1 is 1.32 bits per heavy atom. The molecule has 0 saturated carbocycles. The Morgan fingerprint density at radius 3 is 2.64 bits per heavy atom. The van der Waals surface area contributed by atoms with E-state index in [9.17, 15) is 4.79 Å². The zero-order valence-corrected chi connectivity index (χ0v) is 14.9. The number of carbonyl (C=O) groups excluding carboxylic acids is 1. The predicted octanol–water partition coefficient (Wildman–Crippen LogP) is 3.08. The van der Waals surface area contributed by atoms with Crippen LogP contribution >= 0.6 is 12.4 Å². The first kappa shape index (κ1) is 20.7. The number of aryl methyl sites for hydroxylation is 2. The molecular weight excluding hydrogens is 300 g/mol. The van der Waals surface area contributed by atoms with E-state index in [1.165, 1.54) is 5.56 Å². The van der Waals surface area contributed by atoms with Gasteiger partial charge in [-0.05, 0) is 50.8 Å². The zero-order chi connectivity index (χ0) is 15.8. The van der Waals surface area contributed by atoms with Crippen LogP contribution in [0.1, 0.15) is 37.3 Å². The van der Waals surface area contributed by atoms with E-state index in [1.807, 2.05) is 20.9 Å². The Morgan fingerprint density at radius 2 is 2.00 bits per heavy atom. The number of rotatable bonds is 8. The number of unbranched alkanes of at least 4 members (excludes halogenated alkanes) is 1. The molecule has 5 heteroatoms. The molecule has 1 atom stereocenters. The van der Waals surface area contributed by atoms with Crippen LogP contribution in [-0.2, 0) is 4.79 Å². The van der Waals surface area contributed by atoms with E-state index in [2.05, 4.69) is 25.1 Å². The minimum Gasteiger partial charge on any atom is -0.493 e. The van der Waals surface area contributed by atoms with Gasteiger partial charge in [-0.2, -0.15) is 0 Å². The van der Waals surface area contributed by atoms with E-state index in [4.69, 9.17) is 10.5 Å². The van der Waals surface area contributed by atoms with Crippen LogP contribution in [0.4, 0.5) is 0 Å². The third kappa shape index (κ3) is 6.67. The monoisotopic (exact) mass is 328 g/mol. The topological polar surface area (TPSA) is 55.6 Å². The lowest BCUT2D eigenvalue weighted by Crippen LogP contribution is -2.39. The van der Waals surface area contributed by atoms with Gasteiger partial charge in [0.15, 0.2) is 0 Å². The molecule has 0 radical (unpaired) electrons. The van der Waals surface area contributed by atoms with Crippen molar-refractivity contribution in [3.05, 3.63) is 29.3 Å². The highest BCUT2D eigenvalue weighted by molar-refractivity contribution is 5.85. The lowest BCUT2D eigenvalue weighted by atomic mass is 10.1. The molecule has 0 bridgehead atoms.